The molecule has 14 heavy (non-hydrogen) atoms. The second-order valence-corrected chi connectivity index (χ2v) is 3.77. The maximum atomic E-state index is 5.65. The molecule has 0 saturated carbocycles. The van der Waals surface area contributed by atoms with Gasteiger partial charge < -0.3 is 11.1 Å². The van der Waals surface area contributed by atoms with Crippen molar-refractivity contribution in [3.63, 3.8) is 0 Å². The lowest BCUT2D eigenvalue weighted by Crippen LogP contribution is -2.08. The minimum Gasteiger partial charge on any atom is -0.394 e. The van der Waals surface area contributed by atoms with Gasteiger partial charge in [0, 0.05) is 18.1 Å². The highest BCUT2D eigenvalue weighted by atomic mass is 32.2. The molecule has 0 aromatic carbocycles. The molecule has 0 spiro atoms. The van der Waals surface area contributed by atoms with Gasteiger partial charge in [0.1, 0.15) is 6.33 Å². The lowest BCUT2D eigenvalue weighted by atomic mass is 10.5. The molecule has 0 bridgehead atoms. The van der Waals surface area contributed by atoms with Crippen LogP contribution in [0.25, 0.3) is 0 Å². The summed E-state index contributed by atoms with van der Waals surface area (Å²) < 4.78 is 0. The molecule has 3 N–H and O–H groups in total. The van der Waals surface area contributed by atoms with Crippen LogP contribution < -0.4 is 11.1 Å². The van der Waals surface area contributed by atoms with Gasteiger partial charge in [-0.1, -0.05) is 6.08 Å². The number of aromatic nitrogens is 2. The molecule has 0 aliphatic heterocycles. The smallest absolute Gasteiger partial charge is 0.152 e. The molecular weight excluding hydrogens is 196 g/mol. The van der Waals surface area contributed by atoms with Crippen LogP contribution in [0.2, 0.25) is 0 Å². The van der Waals surface area contributed by atoms with Gasteiger partial charge in [0.15, 0.2) is 5.82 Å². The largest absolute Gasteiger partial charge is 0.394 e. The molecule has 0 aliphatic rings. The third kappa shape index (κ3) is 3.66. The molecule has 0 radical (unpaired) electrons. The van der Waals surface area contributed by atoms with Crippen LogP contribution in [0, 0.1) is 0 Å². The SMILES string of the molecule is C=CCSCCNc1ncncc1N. The molecule has 0 unspecified atom stereocenters. The van der Waals surface area contributed by atoms with Crippen molar-refractivity contribution in [1.82, 2.24) is 9.97 Å². The van der Waals surface area contributed by atoms with E-state index >= 15 is 0 Å². The summed E-state index contributed by atoms with van der Waals surface area (Å²) in [5.74, 6) is 2.69. The highest BCUT2D eigenvalue weighted by Crippen LogP contribution is 2.11. The number of nitrogens with zero attached hydrogens (tertiary/aromatic N) is 2. The first kappa shape index (κ1) is 10.8. The monoisotopic (exact) mass is 210 g/mol. The van der Waals surface area contributed by atoms with Gasteiger partial charge in [-0.3, -0.25) is 0 Å². The molecule has 0 aliphatic carbocycles. The third-order valence-electron chi connectivity index (χ3n) is 1.52. The number of thioether (sulfide) groups is 1. The van der Waals surface area contributed by atoms with Gasteiger partial charge in [-0.15, -0.1) is 6.58 Å². The summed E-state index contributed by atoms with van der Waals surface area (Å²) in [6.07, 6.45) is 4.96. The van der Waals surface area contributed by atoms with Crippen LogP contribution in [0.5, 0.6) is 0 Å². The Morgan fingerprint density at radius 1 is 1.64 bits per heavy atom. The van der Waals surface area contributed by atoms with E-state index in [1.807, 2.05) is 17.8 Å². The number of anilines is 2. The molecular formula is C9H14N4S. The Morgan fingerprint density at radius 3 is 3.21 bits per heavy atom. The van der Waals surface area contributed by atoms with Crippen LogP contribution in [0.4, 0.5) is 11.5 Å². The predicted molar refractivity (Wildman–Crippen MR) is 62.5 cm³/mol. The van der Waals surface area contributed by atoms with E-state index in [1.165, 1.54) is 6.33 Å². The van der Waals surface area contributed by atoms with Crippen molar-refractivity contribution in [2.45, 2.75) is 0 Å². The summed E-state index contributed by atoms with van der Waals surface area (Å²) >= 11 is 1.81. The van der Waals surface area contributed by atoms with Crippen LogP contribution in [-0.2, 0) is 0 Å². The van der Waals surface area contributed by atoms with Crippen LogP contribution in [0.1, 0.15) is 0 Å². The first-order valence-electron chi connectivity index (χ1n) is 4.32. The van der Waals surface area contributed by atoms with Gasteiger partial charge >= 0.3 is 0 Å². The zero-order valence-electron chi connectivity index (χ0n) is 7.94. The first-order chi connectivity index (χ1) is 6.84. The quantitative estimate of drug-likeness (QED) is 0.549. The van der Waals surface area contributed by atoms with Crippen molar-refractivity contribution >= 4 is 23.3 Å². The van der Waals surface area contributed by atoms with Crippen LogP contribution in [0.15, 0.2) is 25.2 Å². The average molecular weight is 210 g/mol. The summed E-state index contributed by atoms with van der Waals surface area (Å²) in [4.78, 5) is 7.83. The van der Waals surface area contributed by atoms with Crippen molar-refractivity contribution in [3.05, 3.63) is 25.2 Å². The fraction of sp³-hybridized carbons (Fsp3) is 0.333. The topological polar surface area (TPSA) is 63.8 Å². The van der Waals surface area contributed by atoms with Gasteiger partial charge in [0.05, 0.1) is 11.9 Å². The number of hydrogen-bond donors (Lipinski definition) is 2. The standard InChI is InChI=1S/C9H14N4S/c1-2-4-14-5-3-12-9-8(10)6-11-7-13-9/h2,6-7H,1,3-5,10H2,(H,11,12,13). The number of nitrogens with two attached hydrogens (primary N) is 1. The number of nitrogens with one attached hydrogen (secondary N) is 1. The fourth-order valence-corrected chi connectivity index (χ4v) is 1.48. The van der Waals surface area contributed by atoms with E-state index in [0.717, 1.165) is 18.1 Å². The maximum Gasteiger partial charge on any atom is 0.152 e. The molecule has 0 fully saturated rings. The Bertz CT molecular complexity index is 290. The van der Waals surface area contributed by atoms with Crippen LogP contribution in [0.3, 0.4) is 0 Å². The highest BCUT2D eigenvalue weighted by Gasteiger charge is 1.97. The maximum absolute atomic E-state index is 5.65. The number of hydrogen-bond acceptors (Lipinski definition) is 5. The Kier molecular flexibility index (Phi) is 4.85. The Balaban J connectivity index is 2.24. The fourth-order valence-electron chi connectivity index (χ4n) is 0.896. The number of rotatable bonds is 6. The van der Waals surface area contributed by atoms with E-state index in [4.69, 9.17) is 5.73 Å². The normalized spacial score (nSPS) is 9.71. The average Bonchev–Trinajstić information content (AvgIpc) is 2.20. The Hall–Kier alpha value is -1.23. The lowest BCUT2D eigenvalue weighted by Gasteiger charge is -2.06. The summed E-state index contributed by atoms with van der Waals surface area (Å²) in [5, 5.41) is 3.14. The molecule has 1 aromatic heterocycles. The molecule has 0 saturated heterocycles. The molecule has 5 heteroatoms. The zero-order valence-corrected chi connectivity index (χ0v) is 8.76. The lowest BCUT2D eigenvalue weighted by molar-refractivity contribution is 1.12. The van der Waals surface area contributed by atoms with E-state index in [2.05, 4.69) is 21.9 Å². The minimum absolute atomic E-state index is 0.584. The molecule has 4 nitrogen and oxygen atoms in total. The van der Waals surface area contributed by atoms with Gasteiger partial charge in [-0.05, 0) is 0 Å². The van der Waals surface area contributed by atoms with Crippen LogP contribution in [-0.4, -0.2) is 28.0 Å². The van der Waals surface area contributed by atoms with Gasteiger partial charge in [-0.2, -0.15) is 11.8 Å². The summed E-state index contributed by atoms with van der Waals surface area (Å²) in [6.45, 7) is 4.50. The molecule has 1 rings (SSSR count). The van der Waals surface area contributed by atoms with Gasteiger partial charge in [-0.25, -0.2) is 9.97 Å². The van der Waals surface area contributed by atoms with Crippen LogP contribution >= 0.6 is 11.8 Å². The van der Waals surface area contributed by atoms with Gasteiger partial charge in [0.25, 0.3) is 0 Å². The van der Waals surface area contributed by atoms with E-state index in [-0.39, 0.29) is 0 Å². The highest BCUT2D eigenvalue weighted by molar-refractivity contribution is 7.99. The second-order valence-electron chi connectivity index (χ2n) is 2.62. The Morgan fingerprint density at radius 2 is 2.50 bits per heavy atom. The van der Waals surface area contributed by atoms with Crippen molar-refractivity contribution < 1.29 is 0 Å². The Labute approximate surface area is 88.0 Å². The first-order valence-corrected chi connectivity index (χ1v) is 5.48. The van der Waals surface area contributed by atoms with Crippen molar-refractivity contribution in [2.75, 3.05) is 29.1 Å². The van der Waals surface area contributed by atoms with E-state index < -0.39 is 0 Å². The molecule has 0 amide bonds. The minimum atomic E-state index is 0.584. The predicted octanol–water partition coefficient (Wildman–Crippen LogP) is 1.39. The van der Waals surface area contributed by atoms with Crippen molar-refractivity contribution in [1.29, 1.82) is 0 Å². The molecule has 1 heterocycles. The third-order valence-corrected chi connectivity index (χ3v) is 2.48. The summed E-state index contributed by atoms with van der Waals surface area (Å²) in [5.41, 5.74) is 6.24. The summed E-state index contributed by atoms with van der Waals surface area (Å²) in [7, 11) is 0. The van der Waals surface area contributed by atoms with Gasteiger partial charge in [0.2, 0.25) is 0 Å². The second kappa shape index (κ2) is 6.26. The number of nitrogen functional groups attached to an aromatic ring is 1. The molecule has 76 valence electrons. The van der Waals surface area contributed by atoms with Crippen molar-refractivity contribution in [2.24, 2.45) is 0 Å². The zero-order chi connectivity index (χ0) is 10.2. The molecule has 1 aromatic rings. The van der Waals surface area contributed by atoms with E-state index in [1.54, 1.807) is 6.20 Å². The van der Waals surface area contributed by atoms with Crippen molar-refractivity contribution in [3.8, 4) is 0 Å². The van der Waals surface area contributed by atoms with E-state index in [9.17, 15) is 0 Å². The molecule has 0 atom stereocenters. The summed E-state index contributed by atoms with van der Waals surface area (Å²) in [6, 6.07) is 0. The van der Waals surface area contributed by atoms with E-state index in [0.29, 0.717) is 11.5 Å².